The highest BCUT2D eigenvalue weighted by Gasteiger charge is 2.22. The third-order valence-electron chi connectivity index (χ3n) is 3.69. The van der Waals surface area contributed by atoms with Gasteiger partial charge in [0.1, 0.15) is 5.84 Å². The molecule has 1 aromatic carbocycles. The molecule has 0 aliphatic rings. The summed E-state index contributed by atoms with van der Waals surface area (Å²) in [4.78, 5) is 2.05. The zero-order valence-electron chi connectivity index (χ0n) is 15.7. The van der Waals surface area contributed by atoms with E-state index in [1.807, 2.05) is 30.3 Å². The van der Waals surface area contributed by atoms with Crippen molar-refractivity contribution in [1.29, 1.82) is 0 Å². The Balaban J connectivity index is 2.98. The van der Waals surface area contributed by atoms with Crippen LogP contribution in [0, 0.1) is 0 Å². The number of amidine groups is 1. The number of nitrogens with zero attached hydrogens (tertiary/aromatic N) is 2. The Morgan fingerprint density at radius 2 is 1.58 bits per heavy atom. The van der Waals surface area contributed by atoms with E-state index < -0.39 is 15.3 Å². The second-order valence-corrected chi connectivity index (χ2v) is 8.91. The quantitative estimate of drug-likeness (QED) is 0.576. The predicted molar refractivity (Wildman–Crippen MR) is 102 cm³/mol. The Morgan fingerprint density at radius 1 is 1.04 bits per heavy atom. The van der Waals surface area contributed by atoms with Gasteiger partial charge in [-0.05, 0) is 47.1 Å². The van der Waals surface area contributed by atoms with E-state index in [2.05, 4.69) is 42.3 Å². The van der Waals surface area contributed by atoms with Crippen LogP contribution in [0.15, 0.2) is 34.7 Å². The maximum absolute atomic E-state index is 12.3. The molecule has 0 heterocycles. The van der Waals surface area contributed by atoms with E-state index in [0.717, 1.165) is 5.56 Å². The minimum absolute atomic E-state index is 0.171. The molecule has 0 amide bonds. The lowest BCUT2D eigenvalue weighted by Crippen LogP contribution is -2.46. The van der Waals surface area contributed by atoms with E-state index in [-0.39, 0.29) is 12.1 Å². The molecule has 6 heteroatoms. The lowest BCUT2D eigenvalue weighted by atomic mass is 10.2. The lowest BCUT2D eigenvalue weighted by molar-refractivity contribution is 0.287. The van der Waals surface area contributed by atoms with Crippen molar-refractivity contribution in [3.8, 4) is 0 Å². The van der Waals surface area contributed by atoms with Crippen LogP contribution < -0.4 is 5.32 Å². The molecule has 136 valence electrons. The van der Waals surface area contributed by atoms with Gasteiger partial charge in [-0.2, -0.15) is 0 Å². The van der Waals surface area contributed by atoms with Gasteiger partial charge in [-0.1, -0.05) is 30.3 Å². The van der Waals surface area contributed by atoms with Gasteiger partial charge in [0.25, 0.3) is 10.0 Å². The molecule has 0 bridgehead atoms. The van der Waals surface area contributed by atoms with E-state index in [1.54, 1.807) is 13.8 Å². The summed E-state index contributed by atoms with van der Waals surface area (Å²) in [6, 6.07) is 10.4. The highest BCUT2D eigenvalue weighted by Crippen LogP contribution is 2.11. The van der Waals surface area contributed by atoms with E-state index in [9.17, 15) is 8.42 Å². The fourth-order valence-corrected chi connectivity index (χ4v) is 3.19. The molecule has 0 aliphatic heterocycles. The molecule has 0 saturated heterocycles. The summed E-state index contributed by atoms with van der Waals surface area (Å²) < 4.78 is 28.7. The third-order valence-corrected chi connectivity index (χ3v) is 5.35. The molecular formula is C18H31N3O2S. The minimum atomic E-state index is -3.50. The topological polar surface area (TPSA) is 61.8 Å². The molecule has 0 radical (unpaired) electrons. The SMILES string of the molecule is CC(C)N(/C(CNCc1ccccc1)=N/S(=O)(=O)C(C)C)C(C)C. The number of hydrogen-bond donors (Lipinski definition) is 1. The Labute approximate surface area is 147 Å². The van der Waals surface area contributed by atoms with Gasteiger partial charge in [-0.25, -0.2) is 8.42 Å². The molecule has 1 rings (SSSR count). The maximum atomic E-state index is 12.3. The number of rotatable bonds is 8. The summed E-state index contributed by atoms with van der Waals surface area (Å²) >= 11 is 0. The van der Waals surface area contributed by atoms with E-state index in [4.69, 9.17) is 0 Å². The second kappa shape index (κ2) is 9.18. The number of sulfonamides is 1. The number of nitrogens with one attached hydrogen (secondary N) is 1. The van der Waals surface area contributed by atoms with Crippen molar-refractivity contribution in [2.24, 2.45) is 4.40 Å². The van der Waals surface area contributed by atoms with Crippen LogP contribution in [0.25, 0.3) is 0 Å². The fraction of sp³-hybridized carbons (Fsp3) is 0.611. The molecule has 1 N–H and O–H groups in total. The normalized spacial score (nSPS) is 13.1. The van der Waals surface area contributed by atoms with Gasteiger partial charge in [-0.15, -0.1) is 4.40 Å². The summed E-state index contributed by atoms with van der Waals surface area (Å²) in [5.74, 6) is 0.574. The monoisotopic (exact) mass is 353 g/mol. The van der Waals surface area contributed by atoms with Crippen LogP contribution in [0.4, 0.5) is 0 Å². The average molecular weight is 354 g/mol. The van der Waals surface area contributed by atoms with Crippen LogP contribution in [0.3, 0.4) is 0 Å². The maximum Gasteiger partial charge on any atom is 0.257 e. The highest BCUT2D eigenvalue weighted by atomic mass is 32.2. The third kappa shape index (κ3) is 6.24. The summed E-state index contributed by atoms with van der Waals surface area (Å²) in [5, 5.41) is 2.79. The van der Waals surface area contributed by atoms with E-state index in [1.165, 1.54) is 0 Å². The van der Waals surface area contributed by atoms with Crippen molar-refractivity contribution >= 4 is 15.9 Å². The number of benzene rings is 1. The Morgan fingerprint density at radius 3 is 2.04 bits per heavy atom. The van der Waals surface area contributed by atoms with Gasteiger partial charge in [-0.3, -0.25) is 0 Å². The van der Waals surface area contributed by atoms with Crippen molar-refractivity contribution in [1.82, 2.24) is 10.2 Å². The molecular weight excluding hydrogens is 322 g/mol. The fourth-order valence-electron chi connectivity index (χ4n) is 2.53. The van der Waals surface area contributed by atoms with Gasteiger partial charge in [0.15, 0.2) is 0 Å². The van der Waals surface area contributed by atoms with Crippen LogP contribution in [0.1, 0.15) is 47.1 Å². The van der Waals surface area contributed by atoms with E-state index >= 15 is 0 Å². The van der Waals surface area contributed by atoms with Gasteiger partial charge in [0.2, 0.25) is 0 Å². The van der Waals surface area contributed by atoms with Crippen LogP contribution in [0.5, 0.6) is 0 Å². The van der Waals surface area contributed by atoms with Crippen LogP contribution >= 0.6 is 0 Å². The zero-order valence-corrected chi connectivity index (χ0v) is 16.5. The molecule has 0 saturated carbocycles. The lowest BCUT2D eigenvalue weighted by Gasteiger charge is -2.34. The first kappa shape index (κ1) is 20.6. The van der Waals surface area contributed by atoms with Crippen LogP contribution in [0.2, 0.25) is 0 Å². The summed E-state index contributed by atoms with van der Waals surface area (Å²) in [5.41, 5.74) is 1.16. The average Bonchev–Trinajstić information content (AvgIpc) is 2.46. The van der Waals surface area contributed by atoms with Gasteiger partial charge < -0.3 is 10.2 Å². The molecule has 0 spiro atoms. The summed E-state index contributed by atoms with van der Waals surface area (Å²) in [7, 11) is -3.50. The van der Waals surface area contributed by atoms with Gasteiger partial charge in [0, 0.05) is 18.6 Å². The van der Waals surface area contributed by atoms with Crippen LogP contribution in [-0.4, -0.2) is 43.0 Å². The van der Waals surface area contributed by atoms with Crippen LogP contribution in [-0.2, 0) is 16.6 Å². The summed E-state index contributed by atoms with van der Waals surface area (Å²) in [6.45, 7) is 12.6. The van der Waals surface area contributed by atoms with Crippen molar-refractivity contribution in [3.05, 3.63) is 35.9 Å². The Bertz CT molecular complexity index is 615. The zero-order chi connectivity index (χ0) is 18.3. The first-order chi connectivity index (χ1) is 11.1. The minimum Gasteiger partial charge on any atom is -0.353 e. The first-order valence-electron chi connectivity index (χ1n) is 8.50. The Kier molecular flexibility index (Phi) is 7.90. The molecule has 0 aromatic heterocycles. The summed E-state index contributed by atoms with van der Waals surface area (Å²) in [6.07, 6.45) is 0. The molecule has 1 aromatic rings. The predicted octanol–water partition coefficient (Wildman–Crippen LogP) is 3.03. The smallest absolute Gasteiger partial charge is 0.257 e. The number of hydrogen-bond acceptors (Lipinski definition) is 3. The molecule has 5 nitrogen and oxygen atoms in total. The highest BCUT2D eigenvalue weighted by molar-refractivity contribution is 7.90. The van der Waals surface area contributed by atoms with Gasteiger partial charge >= 0.3 is 0 Å². The largest absolute Gasteiger partial charge is 0.353 e. The van der Waals surface area contributed by atoms with Gasteiger partial charge in [0.05, 0.1) is 11.8 Å². The van der Waals surface area contributed by atoms with Crippen molar-refractivity contribution < 1.29 is 8.42 Å². The molecule has 0 unspecified atom stereocenters. The molecule has 24 heavy (non-hydrogen) atoms. The van der Waals surface area contributed by atoms with E-state index in [0.29, 0.717) is 18.9 Å². The molecule has 0 aliphatic carbocycles. The van der Waals surface area contributed by atoms with Crippen molar-refractivity contribution in [2.75, 3.05) is 6.54 Å². The first-order valence-corrected chi connectivity index (χ1v) is 10.0. The van der Waals surface area contributed by atoms with Crippen molar-refractivity contribution in [2.45, 2.75) is 65.4 Å². The second-order valence-electron chi connectivity index (χ2n) is 6.76. The standard InChI is InChI=1S/C18H31N3O2S/c1-14(2)21(15(3)4)18(20-24(22,23)16(5)6)13-19-12-17-10-8-7-9-11-17/h7-11,14-16,19H,12-13H2,1-6H3/b20-18+. The molecule has 0 fully saturated rings. The Hall–Kier alpha value is -1.40. The van der Waals surface area contributed by atoms with Crippen molar-refractivity contribution in [3.63, 3.8) is 0 Å². The molecule has 0 atom stereocenters.